The van der Waals surface area contributed by atoms with Crippen molar-refractivity contribution in [3.63, 3.8) is 0 Å². The second-order valence-electron chi connectivity index (χ2n) is 2.39. The molecule has 1 aliphatic heterocycles. The van der Waals surface area contributed by atoms with Crippen molar-refractivity contribution < 1.29 is 4.79 Å². The van der Waals surface area contributed by atoms with E-state index in [4.69, 9.17) is 11.6 Å². The lowest BCUT2D eigenvalue weighted by Crippen LogP contribution is -2.00. The first kappa shape index (κ1) is 7.95. The number of fused-ring (bicyclic) bond motifs is 1. The van der Waals surface area contributed by atoms with E-state index in [1.807, 2.05) is 0 Å². The number of carbonyl (C=O) groups is 1. The number of rotatable bonds is 0. The lowest BCUT2D eigenvalue weighted by Gasteiger charge is -1.94. The van der Waals surface area contributed by atoms with E-state index in [9.17, 15) is 4.79 Å². The summed E-state index contributed by atoms with van der Waals surface area (Å²) in [6, 6.07) is 5.27. The number of nitrogens with zero attached hydrogens (tertiary/aromatic N) is 1. The first-order chi connectivity index (χ1) is 5.68. The predicted molar refractivity (Wildman–Crippen MR) is 51.4 cm³/mol. The molecule has 4 heteroatoms. The molecule has 1 aliphatic rings. The van der Waals surface area contributed by atoms with Gasteiger partial charge in [0.1, 0.15) is 0 Å². The number of hydrogen-bond acceptors (Lipinski definition) is 2. The average Bonchev–Trinajstić information content (AvgIpc) is 2.28. The summed E-state index contributed by atoms with van der Waals surface area (Å²) in [5, 5.41) is 0.0445. The minimum Gasteiger partial charge on any atom is -0.286 e. The summed E-state index contributed by atoms with van der Waals surface area (Å²) in [6.07, 6.45) is 0. The van der Waals surface area contributed by atoms with E-state index in [1.165, 1.54) is 0 Å². The van der Waals surface area contributed by atoms with Crippen LogP contribution in [0, 0.1) is 0 Å². The monoisotopic (exact) mass is 243 g/mol. The van der Waals surface area contributed by atoms with Crippen molar-refractivity contribution in [2.75, 3.05) is 0 Å². The summed E-state index contributed by atoms with van der Waals surface area (Å²) in [5.41, 5.74) is 1.21. The van der Waals surface area contributed by atoms with E-state index in [-0.39, 0.29) is 11.0 Å². The minimum absolute atomic E-state index is 0.0445. The maximum Gasteiger partial charge on any atom is 0.225 e. The Hall–Kier alpha value is -0.670. The second-order valence-corrected chi connectivity index (χ2v) is 3.67. The molecule has 2 rings (SSSR count). The number of aliphatic imine (C=N–C) groups is 1. The Morgan fingerprint density at radius 2 is 2.17 bits per heavy atom. The van der Waals surface area contributed by atoms with Crippen molar-refractivity contribution in [3.8, 4) is 0 Å². The van der Waals surface area contributed by atoms with Crippen molar-refractivity contribution in [1.29, 1.82) is 0 Å². The Bertz CT molecular complexity index is 400. The van der Waals surface area contributed by atoms with Crippen LogP contribution in [0.1, 0.15) is 10.4 Å². The van der Waals surface area contributed by atoms with Crippen molar-refractivity contribution >= 4 is 44.2 Å². The van der Waals surface area contributed by atoms with E-state index in [0.717, 1.165) is 4.47 Å². The molecule has 0 spiro atoms. The number of carbonyl (C=O) groups excluding carboxylic acids is 1. The summed E-state index contributed by atoms with van der Waals surface area (Å²) in [5.74, 6) is -0.195. The van der Waals surface area contributed by atoms with Crippen molar-refractivity contribution in [1.82, 2.24) is 0 Å². The molecule has 0 fully saturated rings. The Kier molecular flexibility index (Phi) is 1.77. The highest BCUT2D eigenvalue weighted by Crippen LogP contribution is 2.30. The van der Waals surface area contributed by atoms with Gasteiger partial charge in [-0.3, -0.25) is 4.79 Å². The Morgan fingerprint density at radius 1 is 1.42 bits per heavy atom. The third-order valence-electron chi connectivity index (χ3n) is 1.61. The van der Waals surface area contributed by atoms with Crippen LogP contribution in [-0.4, -0.2) is 11.0 Å². The van der Waals surface area contributed by atoms with Crippen LogP contribution in [-0.2, 0) is 0 Å². The molecular weight excluding hydrogens is 241 g/mol. The Morgan fingerprint density at radius 3 is 2.92 bits per heavy atom. The highest BCUT2D eigenvalue weighted by Gasteiger charge is 2.22. The SMILES string of the molecule is O=C1C(Cl)=Nc2cc(Br)ccc21. The predicted octanol–water partition coefficient (Wildman–Crippen LogP) is 2.91. The quantitative estimate of drug-likeness (QED) is 0.690. The van der Waals surface area contributed by atoms with Crippen LogP contribution in [0.25, 0.3) is 0 Å². The molecule has 0 N–H and O–H groups in total. The van der Waals surface area contributed by atoms with Gasteiger partial charge in [0, 0.05) is 4.47 Å². The van der Waals surface area contributed by atoms with Crippen LogP contribution in [0.5, 0.6) is 0 Å². The molecule has 0 aromatic heterocycles. The maximum atomic E-state index is 11.2. The lowest BCUT2D eigenvalue weighted by atomic mass is 10.1. The fourth-order valence-electron chi connectivity index (χ4n) is 1.06. The van der Waals surface area contributed by atoms with Gasteiger partial charge in [0.2, 0.25) is 5.78 Å². The van der Waals surface area contributed by atoms with Gasteiger partial charge in [-0.1, -0.05) is 27.5 Å². The van der Waals surface area contributed by atoms with Gasteiger partial charge >= 0.3 is 0 Å². The van der Waals surface area contributed by atoms with E-state index in [1.54, 1.807) is 18.2 Å². The van der Waals surface area contributed by atoms with Gasteiger partial charge in [-0.15, -0.1) is 0 Å². The molecule has 2 nitrogen and oxygen atoms in total. The molecular formula is C8H3BrClNO. The smallest absolute Gasteiger partial charge is 0.225 e. The zero-order valence-corrected chi connectivity index (χ0v) is 8.19. The van der Waals surface area contributed by atoms with Crippen LogP contribution in [0.4, 0.5) is 5.69 Å². The molecule has 0 bridgehead atoms. The second kappa shape index (κ2) is 2.68. The lowest BCUT2D eigenvalue weighted by molar-refractivity contribution is 0.107. The first-order valence-corrected chi connectivity index (χ1v) is 4.44. The number of halogens is 2. The largest absolute Gasteiger partial charge is 0.286 e. The van der Waals surface area contributed by atoms with Gasteiger partial charge in [0.25, 0.3) is 0 Å². The number of ketones is 1. The maximum absolute atomic E-state index is 11.2. The molecule has 1 aromatic carbocycles. The van der Waals surface area contributed by atoms with E-state index < -0.39 is 0 Å². The molecule has 0 unspecified atom stereocenters. The van der Waals surface area contributed by atoms with Gasteiger partial charge in [0.15, 0.2) is 5.17 Å². The molecule has 0 aliphatic carbocycles. The topological polar surface area (TPSA) is 29.4 Å². The molecule has 1 heterocycles. The van der Waals surface area contributed by atoms with Gasteiger partial charge in [0.05, 0.1) is 11.3 Å². The summed E-state index contributed by atoms with van der Waals surface area (Å²) >= 11 is 8.85. The molecule has 0 amide bonds. The fourth-order valence-corrected chi connectivity index (χ4v) is 1.60. The van der Waals surface area contributed by atoms with E-state index >= 15 is 0 Å². The van der Waals surface area contributed by atoms with Crippen molar-refractivity contribution in [3.05, 3.63) is 28.2 Å². The fraction of sp³-hybridized carbons (Fsp3) is 0. The normalized spacial score (nSPS) is 14.5. The molecule has 1 aromatic rings. The summed E-state index contributed by atoms with van der Waals surface area (Å²) in [6.45, 7) is 0. The zero-order valence-electron chi connectivity index (χ0n) is 5.84. The number of benzene rings is 1. The molecule has 60 valence electrons. The zero-order chi connectivity index (χ0) is 8.72. The standard InChI is InChI=1S/C8H3BrClNO/c9-4-1-2-5-6(3-4)11-8(10)7(5)12/h1-3H. The highest BCUT2D eigenvalue weighted by molar-refractivity contribution is 9.10. The van der Waals surface area contributed by atoms with Crippen LogP contribution in [0.3, 0.4) is 0 Å². The van der Waals surface area contributed by atoms with Crippen LogP contribution in [0.15, 0.2) is 27.7 Å². The summed E-state index contributed by atoms with van der Waals surface area (Å²) in [7, 11) is 0. The summed E-state index contributed by atoms with van der Waals surface area (Å²) < 4.78 is 0.893. The number of hydrogen-bond donors (Lipinski definition) is 0. The van der Waals surface area contributed by atoms with Gasteiger partial charge < -0.3 is 0 Å². The Labute approximate surface area is 82.4 Å². The minimum atomic E-state index is -0.195. The van der Waals surface area contributed by atoms with Crippen molar-refractivity contribution in [2.24, 2.45) is 4.99 Å². The van der Waals surface area contributed by atoms with E-state index in [0.29, 0.717) is 11.3 Å². The summed E-state index contributed by atoms with van der Waals surface area (Å²) in [4.78, 5) is 15.1. The molecule has 12 heavy (non-hydrogen) atoms. The molecule has 0 atom stereocenters. The van der Waals surface area contributed by atoms with Gasteiger partial charge in [-0.05, 0) is 18.2 Å². The van der Waals surface area contributed by atoms with Crippen LogP contribution in [0.2, 0.25) is 0 Å². The molecule has 0 saturated carbocycles. The van der Waals surface area contributed by atoms with Crippen LogP contribution < -0.4 is 0 Å². The molecule has 0 saturated heterocycles. The third kappa shape index (κ3) is 1.09. The number of Topliss-reactive ketones (excluding diaryl/α,β-unsaturated/α-hetero) is 1. The van der Waals surface area contributed by atoms with Gasteiger partial charge in [-0.2, -0.15) is 0 Å². The average molecular weight is 244 g/mol. The highest BCUT2D eigenvalue weighted by atomic mass is 79.9. The first-order valence-electron chi connectivity index (χ1n) is 3.27. The van der Waals surface area contributed by atoms with Gasteiger partial charge in [-0.25, -0.2) is 4.99 Å². The Balaban J connectivity index is 2.65. The third-order valence-corrected chi connectivity index (χ3v) is 2.36. The van der Waals surface area contributed by atoms with Crippen molar-refractivity contribution in [2.45, 2.75) is 0 Å². The molecule has 0 radical (unpaired) electrons. The van der Waals surface area contributed by atoms with E-state index in [2.05, 4.69) is 20.9 Å². The van der Waals surface area contributed by atoms with Crippen LogP contribution >= 0.6 is 27.5 Å².